The van der Waals surface area contributed by atoms with Gasteiger partial charge < -0.3 is 5.73 Å². The highest BCUT2D eigenvalue weighted by atomic mass is 28.1. The van der Waals surface area contributed by atoms with Crippen LogP contribution >= 0.6 is 0 Å². The van der Waals surface area contributed by atoms with Gasteiger partial charge >= 0.3 is 0 Å². The second-order valence-electron chi connectivity index (χ2n) is 2.61. The summed E-state index contributed by atoms with van der Waals surface area (Å²) < 4.78 is 0. The zero-order valence-corrected chi connectivity index (χ0v) is 6.36. The van der Waals surface area contributed by atoms with Crippen molar-refractivity contribution in [3.8, 4) is 0 Å². The second kappa shape index (κ2) is 0.872. The lowest BCUT2D eigenvalue weighted by atomic mass is 10.5. The Morgan fingerprint density at radius 1 is 2.00 bits per heavy atom. The first-order chi connectivity index (χ1) is 2.63. The van der Waals surface area contributed by atoms with E-state index in [1.807, 2.05) is 0 Å². The molecule has 0 aromatic rings. The SMILES string of the molecule is C[C@H]1C[C@@]1(N)[SiH3]. The first kappa shape index (κ1) is 4.34. The lowest BCUT2D eigenvalue weighted by Gasteiger charge is -1.93. The maximum absolute atomic E-state index is 5.67. The number of rotatable bonds is 0. The van der Waals surface area contributed by atoms with Gasteiger partial charge in [0.05, 0.1) is 0 Å². The van der Waals surface area contributed by atoms with Crippen LogP contribution in [0.3, 0.4) is 0 Å². The van der Waals surface area contributed by atoms with E-state index in [0.29, 0.717) is 5.16 Å². The van der Waals surface area contributed by atoms with E-state index >= 15 is 0 Å². The Kier molecular flexibility index (Phi) is 0.631. The van der Waals surface area contributed by atoms with Crippen LogP contribution in [0.5, 0.6) is 0 Å². The van der Waals surface area contributed by atoms with Crippen LogP contribution in [0.4, 0.5) is 0 Å². The molecule has 1 rings (SSSR count). The van der Waals surface area contributed by atoms with Gasteiger partial charge in [-0.2, -0.15) is 0 Å². The van der Waals surface area contributed by atoms with Gasteiger partial charge in [0.15, 0.2) is 0 Å². The van der Waals surface area contributed by atoms with E-state index in [1.165, 1.54) is 16.7 Å². The van der Waals surface area contributed by atoms with E-state index in [1.54, 1.807) is 0 Å². The summed E-state index contributed by atoms with van der Waals surface area (Å²) in [4.78, 5) is 0. The highest BCUT2D eigenvalue weighted by Gasteiger charge is 2.41. The maximum atomic E-state index is 5.67. The molecular weight excluding hydrogens is 90.1 g/mol. The molecule has 0 unspecified atom stereocenters. The van der Waals surface area contributed by atoms with Crippen molar-refractivity contribution in [3.63, 3.8) is 0 Å². The van der Waals surface area contributed by atoms with Crippen LogP contribution in [-0.2, 0) is 0 Å². The minimum absolute atomic E-state index is 0.347. The van der Waals surface area contributed by atoms with Crippen LogP contribution in [0.15, 0.2) is 0 Å². The summed E-state index contributed by atoms with van der Waals surface area (Å²) in [5, 5.41) is 0.347. The predicted molar refractivity (Wildman–Crippen MR) is 30.6 cm³/mol. The van der Waals surface area contributed by atoms with E-state index in [4.69, 9.17) is 5.73 Å². The molecule has 2 atom stereocenters. The number of hydrogen-bond donors (Lipinski definition) is 1. The summed E-state index contributed by atoms with van der Waals surface area (Å²) >= 11 is 0. The van der Waals surface area contributed by atoms with Gasteiger partial charge in [0.25, 0.3) is 0 Å². The molecule has 6 heavy (non-hydrogen) atoms. The molecule has 0 spiro atoms. The smallest absolute Gasteiger partial charge is 0.0281 e. The Morgan fingerprint density at radius 3 is 2.17 bits per heavy atom. The Labute approximate surface area is 41.3 Å². The zero-order chi connectivity index (χ0) is 4.78. The predicted octanol–water partition coefficient (Wildman–Crippen LogP) is -0.953. The second-order valence-corrected chi connectivity index (χ2v) is 4.47. The van der Waals surface area contributed by atoms with Gasteiger partial charge in [0.1, 0.15) is 0 Å². The molecule has 1 fully saturated rings. The van der Waals surface area contributed by atoms with Crippen LogP contribution in [0.1, 0.15) is 13.3 Å². The van der Waals surface area contributed by atoms with Gasteiger partial charge in [-0.15, -0.1) is 0 Å². The minimum Gasteiger partial charge on any atom is -0.328 e. The monoisotopic (exact) mass is 101 g/mol. The summed E-state index contributed by atoms with van der Waals surface area (Å²) in [5.74, 6) is 0.837. The fourth-order valence-electron chi connectivity index (χ4n) is 0.601. The Balaban J connectivity index is 2.41. The highest BCUT2D eigenvalue weighted by Crippen LogP contribution is 2.36. The number of nitrogens with two attached hydrogens (primary N) is 1. The van der Waals surface area contributed by atoms with Gasteiger partial charge in [-0.25, -0.2) is 0 Å². The fraction of sp³-hybridized carbons (Fsp3) is 1.00. The lowest BCUT2D eigenvalue weighted by molar-refractivity contribution is 0.832. The quantitative estimate of drug-likeness (QED) is 0.391. The van der Waals surface area contributed by atoms with Gasteiger partial charge in [-0.05, 0) is 12.3 Å². The molecule has 0 aromatic carbocycles. The molecule has 1 saturated carbocycles. The molecule has 36 valence electrons. The summed E-state index contributed by atoms with van der Waals surface area (Å²) in [7, 11) is 1.18. The van der Waals surface area contributed by atoms with Crippen molar-refractivity contribution in [3.05, 3.63) is 0 Å². The molecule has 0 radical (unpaired) electrons. The molecule has 2 heteroatoms. The summed E-state index contributed by atoms with van der Waals surface area (Å²) in [6.45, 7) is 2.22. The highest BCUT2D eigenvalue weighted by molar-refractivity contribution is 6.17. The van der Waals surface area contributed by atoms with Crippen molar-refractivity contribution >= 4 is 10.2 Å². The molecule has 0 amide bonds. The van der Waals surface area contributed by atoms with Crippen molar-refractivity contribution in [1.82, 2.24) is 0 Å². The largest absolute Gasteiger partial charge is 0.328 e. The van der Waals surface area contributed by atoms with Crippen LogP contribution in [0, 0.1) is 5.92 Å². The minimum atomic E-state index is 0.347. The maximum Gasteiger partial charge on any atom is 0.0281 e. The van der Waals surface area contributed by atoms with Gasteiger partial charge in [-0.1, -0.05) is 6.92 Å². The third-order valence-electron chi connectivity index (χ3n) is 1.71. The average Bonchev–Trinajstić information content (AvgIpc) is 1.73. The normalized spacial score (nSPS) is 56.0. The first-order valence-corrected chi connectivity index (χ1v) is 3.42. The van der Waals surface area contributed by atoms with E-state index in [-0.39, 0.29) is 0 Å². The molecule has 1 nitrogen and oxygen atoms in total. The van der Waals surface area contributed by atoms with Crippen molar-refractivity contribution in [2.45, 2.75) is 18.5 Å². The van der Waals surface area contributed by atoms with Gasteiger partial charge in [0.2, 0.25) is 0 Å². The Bertz CT molecular complexity index is 69.9. The molecule has 2 N–H and O–H groups in total. The molecule has 1 aliphatic rings. The van der Waals surface area contributed by atoms with Gasteiger partial charge in [-0.3, -0.25) is 0 Å². The molecule has 0 heterocycles. The molecule has 0 bridgehead atoms. The third-order valence-corrected chi connectivity index (χ3v) is 3.11. The van der Waals surface area contributed by atoms with E-state index in [9.17, 15) is 0 Å². The fourth-order valence-corrected chi connectivity index (χ4v) is 1.21. The zero-order valence-electron chi connectivity index (χ0n) is 4.36. The Hall–Kier alpha value is 0.177. The summed E-state index contributed by atoms with van der Waals surface area (Å²) in [6.07, 6.45) is 1.28. The van der Waals surface area contributed by atoms with Crippen molar-refractivity contribution in [2.75, 3.05) is 0 Å². The summed E-state index contributed by atoms with van der Waals surface area (Å²) in [5.41, 5.74) is 5.67. The van der Waals surface area contributed by atoms with Crippen LogP contribution < -0.4 is 5.73 Å². The van der Waals surface area contributed by atoms with Crippen molar-refractivity contribution in [1.29, 1.82) is 0 Å². The van der Waals surface area contributed by atoms with E-state index < -0.39 is 0 Å². The van der Waals surface area contributed by atoms with Crippen LogP contribution in [-0.4, -0.2) is 15.4 Å². The van der Waals surface area contributed by atoms with E-state index in [0.717, 1.165) is 5.92 Å². The van der Waals surface area contributed by atoms with Crippen LogP contribution in [0.25, 0.3) is 0 Å². The summed E-state index contributed by atoms with van der Waals surface area (Å²) in [6, 6.07) is 0. The number of hydrogen-bond acceptors (Lipinski definition) is 1. The van der Waals surface area contributed by atoms with Crippen molar-refractivity contribution in [2.24, 2.45) is 11.7 Å². The standard InChI is InChI=1S/C4H11NSi/c1-3-2-4(3,5)6/h3H,2,5H2,1,6H3/t3-,4+/m0/s1. The lowest BCUT2D eigenvalue weighted by Crippen LogP contribution is -2.23. The molecule has 0 aromatic heterocycles. The Morgan fingerprint density at radius 2 is 2.17 bits per heavy atom. The molecule has 0 saturated heterocycles. The van der Waals surface area contributed by atoms with Gasteiger partial charge in [0, 0.05) is 15.4 Å². The topological polar surface area (TPSA) is 26.0 Å². The third kappa shape index (κ3) is 0.501. The van der Waals surface area contributed by atoms with E-state index in [2.05, 4.69) is 6.92 Å². The van der Waals surface area contributed by atoms with Crippen molar-refractivity contribution < 1.29 is 0 Å². The van der Waals surface area contributed by atoms with Crippen LogP contribution in [0.2, 0.25) is 0 Å². The molecular formula is C4H11NSi. The average molecular weight is 101 g/mol. The molecule has 1 aliphatic carbocycles. The molecule has 0 aliphatic heterocycles. The first-order valence-electron chi connectivity index (χ1n) is 2.42.